The molecule has 0 atom stereocenters. The van der Waals surface area contributed by atoms with Crippen LogP contribution < -0.4 is 15.1 Å². The molecule has 0 aromatic carbocycles. The molecule has 1 N–H and O–H groups in total. The first-order valence-electron chi connectivity index (χ1n) is 6.39. The van der Waals surface area contributed by atoms with Crippen LogP contribution in [-0.4, -0.2) is 43.1 Å². The summed E-state index contributed by atoms with van der Waals surface area (Å²) < 4.78 is 0. The summed E-state index contributed by atoms with van der Waals surface area (Å²) >= 11 is 0. The van der Waals surface area contributed by atoms with Gasteiger partial charge in [0.1, 0.15) is 5.82 Å². The van der Waals surface area contributed by atoms with Crippen molar-refractivity contribution in [2.24, 2.45) is 0 Å². The Morgan fingerprint density at radius 1 is 1.00 bits per heavy atom. The van der Waals surface area contributed by atoms with Crippen LogP contribution in [0.5, 0.6) is 0 Å². The van der Waals surface area contributed by atoms with Crippen molar-refractivity contribution < 1.29 is 0 Å². The van der Waals surface area contributed by atoms with E-state index in [0.717, 1.165) is 22.9 Å². The average Bonchev–Trinajstić information content (AvgIpc) is 2.41. The molecule has 0 saturated carbocycles. The number of rotatable bonds is 4. The fraction of sp³-hybridized carbons (Fsp3) is 0.357. The van der Waals surface area contributed by atoms with Crippen LogP contribution in [-0.2, 0) is 0 Å². The lowest BCUT2D eigenvalue weighted by Crippen LogP contribution is -2.15. The molecular formula is C14H20N6. The van der Waals surface area contributed by atoms with E-state index in [4.69, 9.17) is 0 Å². The zero-order chi connectivity index (χ0) is 14.7. The Bertz CT molecular complexity index is 594. The van der Waals surface area contributed by atoms with Crippen LogP contribution in [0.3, 0.4) is 0 Å². The van der Waals surface area contributed by atoms with E-state index in [1.807, 2.05) is 63.2 Å². The summed E-state index contributed by atoms with van der Waals surface area (Å²) in [6.07, 6.45) is 3.58. The van der Waals surface area contributed by atoms with Crippen LogP contribution in [0.15, 0.2) is 24.5 Å². The Labute approximate surface area is 119 Å². The maximum Gasteiger partial charge on any atom is 0.229 e. The topological polar surface area (TPSA) is 57.2 Å². The second-order valence-electron chi connectivity index (χ2n) is 4.99. The standard InChI is InChI=1S/C14H20N6/c1-10-9-16-14(18-12(10)19(2)3)17-11-7-6-8-15-13(11)20(4)5/h6-9H,1-5H3,(H,16,17,18). The highest BCUT2D eigenvalue weighted by Crippen LogP contribution is 2.24. The van der Waals surface area contributed by atoms with E-state index in [-0.39, 0.29) is 0 Å². The lowest BCUT2D eigenvalue weighted by molar-refractivity contribution is 1.01. The lowest BCUT2D eigenvalue weighted by atomic mass is 10.3. The van der Waals surface area contributed by atoms with Gasteiger partial charge in [-0.15, -0.1) is 0 Å². The molecule has 6 heteroatoms. The van der Waals surface area contributed by atoms with Gasteiger partial charge < -0.3 is 15.1 Å². The van der Waals surface area contributed by atoms with Crippen LogP contribution in [0, 0.1) is 6.92 Å². The van der Waals surface area contributed by atoms with Crippen molar-refractivity contribution in [3.8, 4) is 0 Å². The second-order valence-corrected chi connectivity index (χ2v) is 4.99. The summed E-state index contributed by atoms with van der Waals surface area (Å²) in [6.45, 7) is 1.99. The Morgan fingerprint density at radius 3 is 2.35 bits per heavy atom. The molecule has 0 saturated heterocycles. The van der Waals surface area contributed by atoms with Gasteiger partial charge in [-0.1, -0.05) is 0 Å². The highest BCUT2D eigenvalue weighted by atomic mass is 15.2. The first-order chi connectivity index (χ1) is 9.49. The minimum absolute atomic E-state index is 0.565. The molecule has 0 unspecified atom stereocenters. The first-order valence-corrected chi connectivity index (χ1v) is 6.39. The molecule has 0 fully saturated rings. The maximum absolute atomic E-state index is 4.52. The van der Waals surface area contributed by atoms with Gasteiger partial charge >= 0.3 is 0 Å². The van der Waals surface area contributed by atoms with Gasteiger partial charge in [0.05, 0.1) is 5.69 Å². The largest absolute Gasteiger partial charge is 0.362 e. The van der Waals surface area contributed by atoms with Crippen molar-refractivity contribution in [2.75, 3.05) is 43.3 Å². The first kappa shape index (κ1) is 14.0. The Hall–Kier alpha value is -2.37. The Morgan fingerprint density at radius 2 is 1.70 bits per heavy atom. The third-order valence-corrected chi connectivity index (χ3v) is 2.83. The fourth-order valence-corrected chi connectivity index (χ4v) is 1.92. The molecule has 0 amide bonds. The SMILES string of the molecule is Cc1cnc(Nc2cccnc2N(C)C)nc1N(C)C. The van der Waals surface area contributed by atoms with Crippen LogP contribution in [0.1, 0.15) is 5.56 Å². The lowest BCUT2D eigenvalue weighted by Gasteiger charge is -2.18. The van der Waals surface area contributed by atoms with E-state index < -0.39 is 0 Å². The molecule has 2 rings (SSSR count). The van der Waals surface area contributed by atoms with Crippen molar-refractivity contribution in [1.29, 1.82) is 0 Å². The monoisotopic (exact) mass is 272 g/mol. The number of anilines is 4. The fourth-order valence-electron chi connectivity index (χ4n) is 1.92. The molecule has 106 valence electrons. The molecule has 6 nitrogen and oxygen atoms in total. The number of nitrogens with zero attached hydrogens (tertiary/aromatic N) is 5. The Kier molecular flexibility index (Phi) is 4.02. The molecule has 0 aliphatic heterocycles. The van der Waals surface area contributed by atoms with Gasteiger partial charge in [-0.25, -0.2) is 9.97 Å². The van der Waals surface area contributed by atoms with Crippen LogP contribution in [0.25, 0.3) is 0 Å². The van der Waals surface area contributed by atoms with Crippen molar-refractivity contribution in [3.63, 3.8) is 0 Å². The molecule has 0 aliphatic carbocycles. The van der Waals surface area contributed by atoms with Crippen LogP contribution in [0.4, 0.5) is 23.3 Å². The highest BCUT2D eigenvalue weighted by Gasteiger charge is 2.09. The number of hydrogen-bond acceptors (Lipinski definition) is 6. The highest BCUT2D eigenvalue weighted by molar-refractivity contribution is 5.69. The summed E-state index contributed by atoms with van der Waals surface area (Å²) in [4.78, 5) is 17.1. The maximum atomic E-state index is 4.52. The predicted molar refractivity (Wildman–Crippen MR) is 82.9 cm³/mol. The summed E-state index contributed by atoms with van der Waals surface area (Å²) in [5.74, 6) is 2.32. The van der Waals surface area contributed by atoms with Crippen molar-refractivity contribution in [2.45, 2.75) is 6.92 Å². The van der Waals surface area contributed by atoms with Crippen molar-refractivity contribution >= 4 is 23.3 Å². The smallest absolute Gasteiger partial charge is 0.229 e. The van der Waals surface area contributed by atoms with E-state index in [0.29, 0.717) is 5.95 Å². The summed E-state index contributed by atoms with van der Waals surface area (Å²) in [6, 6.07) is 3.84. The van der Waals surface area contributed by atoms with Gasteiger partial charge in [-0.2, -0.15) is 4.98 Å². The molecule has 2 aromatic rings. The molecule has 0 aliphatic rings. The zero-order valence-corrected chi connectivity index (χ0v) is 12.5. The molecule has 20 heavy (non-hydrogen) atoms. The average molecular weight is 272 g/mol. The molecule has 0 spiro atoms. The van der Waals surface area contributed by atoms with E-state index >= 15 is 0 Å². The second kappa shape index (κ2) is 5.73. The number of aromatic nitrogens is 3. The molecule has 2 heterocycles. The van der Waals surface area contributed by atoms with Gasteiger partial charge in [-0.3, -0.25) is 0 Å². The van der Waals surface area contributed by atoms with Crippen molar-refractivity contribution in [3.05, 3.63) is 30.1 Å². The third kappa shape index (κ3) is 2.96. The van der Waals surface area contributed by atoms with E-state index in [1.54, 1.807) is 6.20 Å². The van der Waals surface area contributed by atoms with Gasteiger partial charge in [0.2, 0.25) is 5.95 Å². The van der Waals surface area contributed by atoms with Gasteiger partial charge in [0.15, 0.2) is 5.82 Å². The zero-order valence-electron chi connectivity index (χ0n) is 12.5. The number of pyridine rings is 1. The number of hydrogen-bond donors (Lipinski definition) is 1. The molecule has 0 bridgehead atoms. The summed E-state index contributed by atoms with van der Waals surface area (Å²) in [5.41, 5.74) is 1.92. The van der Waals surface area contributed by atoms with E-state index in [9.17, 15) is 0 Å². The van der Waals surface area contributed by atoms with Gasteiger partial charge in [0, 0.05) is 46.1 Å². The quantitative estimate of drug-likeness (QED) is 0.919. The molecule has 0 radical (unpaired) electrons. The molecule has 2 aromatic heterocycles. The Balaban J connectivity index is 2.33. The van der Waals surface area contributed by atoms with Gasteiger partial charge in [-0.05, 0) is 19.1 Å². The third-order valence-electron chi connectivity index (χ3n) is 2.83. The number of nitrogens with one attached hydrogen (secondary N) is 1. The van der Waals surface area contributed by atoms with E-state index in [1.165, 1.54) is 0 Å². The van der Waals surface area contributed by atoms with E-state index in [2.05, 4.69) is 20.3 Å². The summed E-state index contributed by atoms with van der Waals surface area (Å²) in [7, 11) is 7.84. The van der Waals surface area contributed by atoms with Crippen molar-refractivity contribution in [1.82, 2.24) is 15.0 Å². The number of aryl methyl sites for hydroxylation is 1. The predicted octanol–water partition coefficient (Wildman–Crippen LogP) is 2.06. The summed E-state index contributed by atoms with van der Waals surface area (Å²) in [5, 5.41) is 3.22. The van der Waals surface area contributed by atoms with Crippen LogP contribution in [0.2, 0.25) is 0 Å². The molecular weight excluding hydrogens is 252 g/mol. The minimum Gasteiger partial charge on any atom is -0.362 e. The normalized spacial score (nSPS) is 10.2. The minimum atomic E-state index is 0.565. The van der Waals surface area contributed by atoms with Gasteiger partial charge in [0.25, 0.3) is 0 Å². The van der Waals surface area contributed by atoms with Crippen LogP contribution >= 0.6 is 0 Å².